The summed E-state index contributed by atoms with van der Waals surface area (Å²) in [5.41, 5.74) is 1.96. The van der Waals surface area contributed by atoms with E-state index >= 15 is 0 Å². The number of likely N-dealkylation sites (N-methyl/N-ethyl adjacent to an activating group) is 1. The largest absolute Gasteiger partial charge is 0.361 e. The van der Waals surface area contributed by atoms with Gasteiger partial charge in [0.2, 0.25) is 5.91 Å². The number of hydrogen-bond donors (Lipinski definition) is 1. The summed E-state index contributed by atoms with van der Waals surface area (Å²) < 4.78 is 5.10. The predicted molar refractivity (Wildman–Crippen MR) is 73.0 cm³/mol. The molecule has 0 spiro atoms. The Bertz CT molecular complexity index is 422. The topological polar surface area (TPSA) is 58.4 Å². The van der Waals surface area contributed by atoms with Crippen molar-refractivity contribution in [1.29, 1.82) is 0 Å². The molecular formula is C14H23N3O2. The molecule has 2 rings (SSSR count). The van der Waals surface area contributed by atoms with Crippen LogP contribution in [0.4, 0.5) is 0 Å². The van der Waals surface area contributed by atoms with Crippen LogP contribution in [-0.2, 0) is 11.2 Å². The van der Waals surface area contributed by atoms with Crippen molar-refractivity contribution in [3.05, 3.63) is 17.0 Å². The Labute approximate surface area is 114 Å². The van der Waals surface area contributed by atoms with Crippen molar-refractivity contribution >= 4 is 5.91 Å². The summed E-state index contributed by atoms with van der Waals surface area (Å²) in [6, 6.07) is 0.302. The standard InChI is InChI=1S/C14H23N3O2/c1-10-13(11(2)19-16-10)6-7-14(18)15-12-5-4-8-17(3)9-12/h12H,4-9H2,1-3H3,(H,15,18)/t12-/m1/s1. The molecular weight excluding hydrogens is 242 g/mol. The molecule has 0 unspecified atom stereocenters. The van der Waals surface area contributed by atoms with Crippen molar-refractivity contribution in [3.63, 3.8) is 0 Å². The lowest BCUT2D eigenvalue weighted by atomic mass is 10.0. The first-order valence-electron chi connectivity index (χ1n) is 6.96. The van der Waals surface area contributed by atoms with Crippen molar-refractivity contribution < 1.29 is 9.32 Å². The lowest BCUT2D eigenvalue weighted by molar-refractivity contribution is -0.122. The number of carbonyl (C=O) groups is 1. The molecule has 1 fully saturated rings. The molecule has 19 heavy (non-hydrogen) atoms. The molecule has 1 atom stereocenters. The average molecular weight is 265 g/mol. The van der Waals surface area contributed by atoms with Gasteiger partial charge in [-0.2, -0.15) is 0 Å². The van der Waals surface area contributed by atoms with E-state index < -0.39 is 0 Å². The van der Waals surface area contributed by atoms with E-state index in [2.05, 4.69) is 22.4 Å². The molecule has 106 valence electrons. The third kappa shape index (κ3) is 3.80. The second-order valence-electron chi connectivity index (χ2n) is 5.47. The number of aryl methyl sites for hydroxylation is 2. The Hall–Kier alpha value is -1.36. The molecule has 1 aliphatic rings. The molecule has 1 aromatic rings. The monoisotopic (exact) mass is 265 g/mol. The van der Waals surface area contributed by atoms with E-state index in [0.717, 1.165) is 42.9 Å². The minimum Gasteiger partial charge on any atom is -0.361 e. The van der Waals surface area contributed by atoms with Gasteiger partial charge in [0.25, 0.3) is 0 Å². The average Bonchev–Trinajstić information content (AvgIpc) is 2.67. The van der Waals surface area contributed by atoms with Crippen molar-refractivity contribution in [2.75, 3.05) is 20.1 Å². The maximum atomic E-state index is 12.0. The summed E-state index contributed by atoms with van der Waals surface area (Å²) >= 11 is 0. The van der Waals surface area contributed by atoms with Crippen molar-refractivity contribution in [2.24, 2.45) is 0 Å². The number of aromatic nitrogens is 1. The molecule has 5 nitrogen and oxygen atoms in total. The molecule has 1 amide bonds. The van der Waals surface area contributed by atoms with Gasteiger partial charge in [0.15, 0.2) is 0 Å². The van der Waals surface area contributed by atoms with Gasteiger partial charge < -0.3 is 14.7 Å². The number of hydrogen-bond acceptors (Lipinski definition) is 4. The van der Waals surface area contributed by atoms with Gasteiger partial charge in [-0.1, -0.05) is 5.16 Å². The van der Waals surface area contributed by atoms with Gasteiger partial charge >= 0.3 is 0 Å². The van der Waals surface area contributed by atoms with Gasteiger partial charge in [0.05, 0.1) is 5.69 Å². The second kappa shape index (κ2) is 6.19. The highest BCUT2D eigenvalue weighted by Crippen LogP contribution is 2.14. The van der Waals surface area contributed by atoms with E-state index in [0.29, 0.717) is 18.9 Å². The molecule has 0 radical (unpaired) electrons. The van der Waals surface area contributed by atoms with E-state index in [1.54, 1.807) is 0 Å². The summed E-state index contributed by atoms with van der Waals surface area (Å²) in [6.07, 6.45) is 3.45. The highest BCUT2D eigenvalue weighted by molar-refractivity contribution is 5.76. The minimum atomic E-state index is 0.125. The highest BCUT2D eigenvalue weighted by atomic mass is 16.5. The van der Waals surface area contributed by atoms with E-state index in [9.17, 15) is 4.79 Å². The number of carbonyl (C=O) groups excluding carboxylic acids is 1. The molecule has 0 aromatic carbocycles. The number of amides is 1. The normalized spacial score (nSPS) is 20.5. The lowest BCUT2D eigenvalue weighted by Gasteiger charge is -2.30. The van der Waals surface area contributed by atoms with Crippen LogP contribution in [0.2, 0.25) is 0 Å². The Morgan fingerprint density at radius 2 is 2.32 bits per heavy atom. The van der Waals surface area contributed by atoms with Crippen LogP contribution >= 0.6 is 0 Å². The van der Waals surface area contributed by atoms with Crippen molar-refractivity contribution in [1.82, 2.24) is 15.4 Å². The second-order valence-corrected chi connectivity index (χ2v) is 5.47. The van der Waals surface area contributed by atoms with Gasteiger partial charge in [-0.25, -0.2) is 0 Å². The van der Waals surface area contributed by atoms with Gasteiger partial charge in [0.1, 0.15) is 5.76 Å². The SMILES string of the molecule is Cc1noc(C)c1CCC(=O)N[C@@H]1CCCN(C)C1. The zero-order valence-electron chi connectivity index (χ0n) is 12.0. The van der Waals surface area contributed by atoms with Gasteiger partial charge in [-0.15, -0.1) is 0 Å². The molecule has 1 N–H and O–H groups in total. The van der Waals surface area contributed by atoms with Crippen LogP contribution in [0.15, 0.2) is 4.52 Å². The van der Waals surface area contributed by atoms with Crippen molar-refractivity contribution in [3.8, 4) is 0 Å². The summed E-state index contributed by atoms with van der Waals surface area (Å²) in [5, 5.41) is 7.03. The maximum Gasteiger partial charge on any atom is 0.220 e. The van der Waals surface area contributed by atoms with Crippen LogP contribution in [0.5, 0.6) is 0 Å². The molecule has 1 aliphatic heterocycles. The number of nitrogens with zero attached hydrogens (tertiary/aromatic N) is 2. The van der Waals surface area contributed by atoms with Crippen molar-refractivity contribution in [2.45, 2.75) is 45.6 Å². The zero-order valence-corrected chi connectivity index (χ0v) is 12.0. The summed E-state index contributed by atoms with van der Waals surface area (Å²) in [6.45, 7) is 5.89. The first-order chi connectivity index (χ1) is 9.06. The van der Waals surface area contributed by atoms with Crippen LogP contribution in [-0.4, -0.2) is 42.1 Å². The van der Waals surface area contributed by atoms with Crippen LogP contribution in [0, 0.1) is 13.8 Å². The van der Waals surface area contributed by atoms with Crippen LogP contribution < -0.4 is 5.32 Å². The van der Waals surface area contributed by atoms with Gasteiger partial charge in [-0.3, -0.25) is 4.79 Å². The first-order valence-corrected chi connectivity index (χ1v) is 6.96. The molecule has 2 heterocycles. The maximum absolute atomic E-state index is 12.0. The van der Waals surface area contributed by atoms with Crippen LogP contribution in [0.25, 0.3) is 0 Å². The fourth-order valence-electron chi connectivity index (χ4n) is 2.68. The van der Waals surface area contributed by atoms with Gasteiger partial charge in [-0.05, 0) is 46.7 Å². The number of likely N-dealkylation sites (tertiary alicyclic amines) is 1. The van der Waals surface area contributed by atoms with E-state index in [4.69, 9.17) is 4.52 Å². The quantitative estimate of drug-likeness (QED) is 0.895. The Morgan fingerprint density at radius 3 is 2.95 bits per heavy atom. The fraction of sp³-hybridized carbons (Fsp3) is 0.714. The number of piperidine rings is 1. The zero-order chi connectivity index (χ0) is 13.8. The third-order valence-corrected chi connectivity index (χ3v) is 3.77. The van der Waals surface area contributed by atoms with E-state index in [1.807, 2.05) is 13.8 Å². The highest BCUT2D eigenvalue weighted by Gasteiger charge is 2.19. The fourth-order valence-corrected chi connectivity index (χ4v) is 2.68. The summed E-state index contributed by atoms with van der Waals surface area (Å²) in [4.78, 5) is 14.2. The summed E-state index contributed by atoms with van der Waals surface area (Å²) in [7, 11) is 2.10. The number of nitrogens with one attached hydrogen (secondary N) is 1. The predicted octanol–water partition coefficient (Wildman–Crippen LogP) is 1.43. The Morgan fingerprint density at radius 1 is 1.53 bits per heavy atom. The van der Waals surface area contributed by atoms with Crippen LogP contribution in [0.3, 0.4) is 0 Å². The van der Waals surface area contributed by atoms with Gasteiger partial charge in [0, 0.05) is 24.6 Å². The molecule has 0 bridgehead atoms. The molecule has 5 heteroatoms. The molecule has 1 saturated heterocycles. The lowest BCUT2D eigenvalue weighted by Crippen LogP contribution is -2.46. The Kier molecular flexibility index (Phi) is 4.58. The first kappa shape index (κ1) is 14.1. The smallest absolute Gasteiger partial charge is 0.220 e. The molecule has 0 aliphatic carbocycles. The summed E-state index contributed by atoms with van der Waals surface area (Å²) in [5.74, 6) is 0.947. The van der Waals surface area contributed by atoms with Crippen LogP contribution in [0.1, 0.15) is 36.3 Å². The van der Waals surface area contributed by atoms with E-state index in [1.165, 1.54) is 0 Å². The minimum absolute atomic E-state index is 0.125. The molecule has 1 aromatic heterocycles. The number of rotatable bonds is 4. The third-order valence-electron chi connectivity index (χ3n) is 3.77. The molecule has 0 saturated carbocycles. The van der Waals surface area contributed by atoms with E-state index in [-0.39, 0.29) is 5.91 Å². The Balaban J connectivity index is 1.78.